The predicted octanol–water partition coefficient (Wildman–Crippen LogP) is -0.454. The van der Waals surface area contributed by atoms with E-state index in [9.17, 15) is 0 Å². The molecule has 0 unspecified atom stereocenters. The maximum absolute atomic E-state index is 3.48. The zero-order chi connectivity index (χ0) is 8.10. The molecule has 11 heavy (non-hydrogen) atoms. The highest BCUT2D eigenvalue weighted by Crippen LogP contribution is 2.18. The van der Waals surface area contributed by atoms with Gasteiger partial charge in [-0.3, -0.25) is 0 Å². The van der Waals surface area contributed by atoms with Crippen molar-refractivity contribution in [2.45, 2.75) is 24.9 Å². The Morgan fingerprint density at radius 3 is 2.36 bits per heavy atom. The van der Waals surface area contributed by atoms with Crippen molar-refractivity contribution in [1.29, 1.82) is 0 Å². The Bertz CT molecular complexity index is 99.5. The second-order valence-electron chi connectivity index (χ2n) is 3.21. The lowest BCUT2D eigenvalue weighted by Crippen LogP contribution is -2.50. The summed E-state index contributed by atoms with van der Waals surface area (Å²) in [5.74, 6) is 0. The van der Waals surface area contributed by atoms with Crippen LogP contribution in [0.5, 0.6) is 0 Å². The molecule has 0 bridgehead atoms. The van der Waals surface area contributed by atoms with E-state index in [1.807, 2.05) is 14.1 Å². The molecule has 1 saturated carbocycles. The minimum absolute atomic E-state index is 0.765. The normalized spacial score (nSPS) is 30.0. The molecule has 0 radical (unpaired) electrons. The fourth-order valence-corrected chi connectivity index (χ4v) is 1.42. The van der Waals surface area contributed by atoms with Crippen LogP contribution in [0.4, 0.5) is 0 Å². The second-order valence-corrected chi connectivity index (χ2v) is 3.21. The Labute approximate surface area is 68.9 Å². The third kappa shape index (κ3) is 2.77. The van der Waals surface area contributed by atoms with E-state index in [4.69, 9.17) is 0 Å². The number of likely N-dealkylation sites (N-methyl/N-ethyl adjacent to an activating group) is 1. The van der Waals surface area contributed by atoms with E-state index in [0.29, 0.717) is 0 Å². The molecule has 0 amide bonds. The van der Waals surface area contributed by atoms with Crippen LogP contribution in [0.1, 0.15) is 12.8 Å². The molecule has 0 aliphatic heterocycles. The van der Waals surface area contributed by atoms with Gasteiger partial charge < -0.3 is 16.0 Å². The molecule has 0 aromatic heterocycles. The smallest absolute Gasteiger partial charge is 0.00972 e. The summed E-state index contributed by atoms with van der Waals surface area (Å²) >= 11 is 0. The molecule has 3 N–H and O–H groups in total. The van der Waals surface area contributed by atoms with Crippen molar-refractivity contribution in [2.75, 3.05) is 27.2 Å². The van der Waals surface area contributed by atoms with Gasteiger partial charge in [0.15, 0.2) is 0 Å². The summed E-state index contributed by atoms with van der Waals surface area (Å²) in [6, 6.07) is 1.53. The van der Waals surface area contributed by atoms with Crippen LogP contribution >= 0.6 is 0 Å². The highest BCUT2D eigenvalue weighted by atomic mass is 15.0. The van der Waals surface area contributed by atoms with Gasteiger partial charge in [0.2, 0.25) is 0 Å². The van der Waals surface area contributed by atoms with Gasteiger partial charge in [-0.05, 0) is 26.9 Å². The Morgan fingerprint density at radius 1 is 1.09 bits per heavy atom. The lowest BCUT2D eigenvalue weighted by Gasteiger charge is -2.35. The van der Waals surface area contributed by atoms with Crippen LogP contribution in [0.2, 0.25) is 0 Å². The molecule has 1 rings (SSSR count). The molecule has 3 nitrogen and oxygen atoms in total. The van der Waals surface area contributed by atoms with Crippen LogP contribution in [0.25, 0.3) is 0 Å². The SMILES string of the molecule is CNCCNC1CC(NC)C1. The van der Waals surface area contributed by atoms with Crippen LogP contribution < -0.4 is 16.0 Å². The summed E-state index contributed by atoms with van der Waals surface area (Å²) < 4.78 is 0. The number of nitrogens with one attached hydrogen (secondary N) is 3. The zero-order valence-electron chi connectivity index (χ0n) is 7.48. The first-order chi connectivity index (χ1) is 5.36. The first-order valence-electron chi connectivity index (χ1n) is 4.42. The van der Waals surface area contributed by atoms with Gasteiger partial charge in [0.1, 0.15) is 0 Å². The van der Waals surface area contributed by atoms with Crippen LogP contribution in [0, 0.1) is 0 Å². The van der Waals surface area contributed by atoms with E-state index in [0.717, 1.165) is 25.2 Å². The Morgan fingerprint density at radius 2 is 1.82 bits per heavy atom. The molecule has 0 spiro atoms. The molecule has 1 aliphatic rings. The molecule has 0 heterocycles. The first-order valence-corrected chi connectivity index (χ1v) is 4.42. The average molecular weight is 157 g/mol. The molecule has 0 aromatic rings. The van der Waals surface area contributed by atoms with Gasteiger partial charge in [-0.1, -0.05) is 0 Å². The van der Waals surface area contributed by atoms with Crippen LogP contribution in [0.3, 0.4) is 0 Å². The van der Waals surface area contributed by atoms with Gasteiger partial charge in [-0.25, -0.2) is 0 Å². The van der Waals surface area contributed by atoms with Crippen molar-refractivity contribution < 1.29 is 0 Å². The minimum atomic E-state index is 0.765. The Balaban J connectivity index is 1.88. The molecule has 3 heteroatoms. The fourth-order valence-electron chi connectivity index (χ4n) is 1.42. The fraction of sp³-hybridized carbons (Fsp3) is 1.00. The maximum atomic E-state index is 3.48. The molecular formula is C8H19N3. The lowest BCUT2D eigenvalue weighted by molar-refractivity contribution is 0.261. The molecule has 1 fully saturated rings. The van der Waals surface area contributed by atoms with E-state index < -0.39 is 0 Å². The molecular weight excluding hydrogens is 138 g/mol. The molecule has 1 aliphatic carbocycles. The van der Waals surface area contributed by atoms with Crippen molar-refractivity contribution in [1.82, 2.24) is 16.0 Å². The van der Waals surface area contributed by atoms with E-state index in [1.165, 1.54) is 12.8 Å². The van der Waals surface area contributed by atoms with Crippen LogP contribution in [0.15, 0.2) is 0 Å². The molecule has 0 aromatic carbocycles. The third-order valence-electron chi connectivity index (χ3n) is 2.35. The number of hydrogen-bond acceptors (Lipinski definition) is 3. The van der Waals surface area contributed by atoms with Crippen LogP contribution in [-0.2, 0) is 0 Å². The monoisotopic (exact) mass is 157 g/mol. The van der Waals surface area contributed by atoms with Gasteiger partial charge in [0.05, 0.1) is 0 Å². The van der Waals surface area contributed by atoms with Crippen molar-refractivity contribution in [3.63, 3.8) is 0 Å². The van der Waals surface area contributed by atoms with Crippen LogP contribution in [-0.4, -0.2) is 39.3 Å². The summed E-state index contributed by atoms with van der Waals surface area (Å²) in [6.45, 7) is 2.17. The van der Waals surface area contributed by atoms with Crippen molar-refractivity contribution in [3.05, 3.63) is 0 Å². The Hall–Kier alpha value is -0.120. The van der Waals surface area contributed by atoms with E-state index in [1.54, 1.807) is 0 Å². The average Bonchev–Trinajstić information content (AvgIpc) is 1.94. The number of hydrogen-bond donors (Lipinski definition) is 3. The lowest BCUT2D eigenvalue weighted by atomic mass is 9.87. The molecule has 0 atom stereocenters. The molecule has 0 saturated heterocycles. The largest absolute Gasteiger partial charge is 0.318 e. The van der Waals surface area contributed by atoms with Crippen molar-refractivity contribution in [2.24, 2.45) is 0 Å². The van der Waals surface area contributed by atoms with Gasteiger partial charge in [0.25, 0.3) is 0 Å². The highest BCUT2D eigenvalue weighted by molar-refractivity contribution is 4.88. The van der Waals surface area contributed by atoms with Crippen molar-refractivity contribution >= 4 is 0 Å². The van der Waals surface area contributed by atoms with E-state index >= 15 is 0 Å². The maximum Gasteiger partial charge on any atom is 0.00972 e. The summed E-state index contributed by atoms with van der Waals surface area (Å²) in [7, 11) is 4.02. The standard InChI is InChI=1S/C8H19N3/c1-9-3-4-11-8-5-7(6-8)10-2/h7-11H,3-6H2,1-2H3. The summed E-state index contributed by atoms with van der Waals surface area (Å²) in [4.78, 5) is 0. The third-order valence-corrected chi connectivity index (χ3v) is 2.35. The highest BCUT2D eigenvalue weighted by Gasteiger charge is 2.26. The summed E-state index contributed by atoms with van der Waals surface area (Å²) in [5.41, 5.74) is 0. The van der Waals surface area contributed by atoms with Gasteiger partial charge >= 0.3 is 0 Å². The summed E-state index contributed by atoms with van der Waals surface area (Å²) in [6.07, 6.45) is 2.58. The Kier molecular flexibility index (Phi) is 3.83. The van der Waals surface area contributed by atoms with Gasteiger partial charge in [0, 0.05) is 25.2 Å². The quantitative estimate of drug-likeness (QED) is 0.473. The topological polar surface area (TPSA) is 36.1 Å². The van der Waals surface area contributed by atoms with Gasteiger partial charge in [-0.15, -0.1) is 0 Å². The first kappa shape index (κ1) is 8.97. The van der Waals surface area contributed by atoms with E-state index in [-0.39, 0.29) is 0 Å². The zero-order valence-corrected chi connectivity index (χ0v) is 7.48. The number of rotatable bonds is 5. The van der Waals surface area contributed by atoms with E-state index in [2.05, 4.69) is 16.0 Å². The van der Waals surface area contributed by atoms with Crippen molar-refractivity contribution in [3.8, 4) is 0 Å². The van der Waals surface area contributed by atoms with Gasteiger partial charge in [-0.2, -0.15) is 0 Å². The second kappa shape index (κ2) is 4.70. The minimum Gasteiger partial charge on any atom is -0.318 e. The molecule has 66 valence electrons. The summed E-state index contributed by atoms with van der Waals surface area (Å²) in [5, 5.41) is 9.87. The predicted molar refractivity (Wildman–Crippen MR) is 47.8 cm³/mol.